The monoisotopic (exact) mass is 393 g/mol. The van der Waals surface area contributed by atoms with Crippen LogP contribution >= 0.6 is 0 Å². The summed E-state index contributed by atoms with van der Waals surface area (Å²) in [6.07, 6.45) is -1.08. The maximum atomic E-state index is 12.3. The molecule has 2 aromatic rings. The van der Waals surface area contributed by atoms with Crippen molar-refractivity contribution >= 4 is 11.9 Å². The van der Waals surface area contributed by atoms with Gasteiger partial charge in [-0.1, -0.05) is 12.1 Å². The van der Waals surface area contributed by atoms with Gasteiger partial charge in [0, 0.05) is 6.54 Å². The summed E-state index contributed by atoms with van der Waals surface area (Å²) in [5, 5.41) is 2.65. The number of ether oxygens (including phenoxy) is 4. The molecule has 1 amide bonds. The normalized spacial score (nSPS) is 13.1. The van der Waals surface area contributed by atoms with Crippen molar-refractivity contribution in [1.82, 2.24) is 5.32 Å². The average Bonchev–Trinajstić information content (AvgIpc) is 3.13. The van der Waals surface area contributed by atoms with E-state index in [0.29, 0.717) is 11.5 Å². The van der Waals surface area contributed by atoms with Crippen LogP contribution in [0.1, 0.15) is 22.8 Å². The zero-order valence-electron chi connectivity index (χ0n) is 14.8. The van der Waals surface area contributed by atoms with E-state index in [0.717, 1.165) is 11.6 Å². The molecule has 0 saturated heterocycles. The lowest BCUT2D eigenvalue weighted by atomic mass is 10.2. The zero-order valence-corrected chi connectivity index (χ0v) is 14.8. The lowest BCUT2D eigenvalue weighted by Gasteiger charge is -2.14. The fraction of sp³-hybridized carbons (Fsp3) is 0.263. The summed E-state index contributed by atoms with van der Waals surface area (Å²) in [4.78, 5) is 24.3. The van der Waals surface area contributed by atoms with E-state index in [1.165, 1.54) is 25.1 Å². The fourth-order valence-electron chi connectivity index (χ4n) is 2.47. The van der Waals surface area contributed by atoms with Crippen LogP contribution in [0.15, 0.2) is 42.5 Å². The first-order chi connectivity index (χ1) is 13.4. The van der Waals surface area contributed by atoms with Gasteiger partial charge in [-0.3, -0.25) is 4.79 Å². The minimum atomic E-state index is -3.01. The van der Waals surface area contributed by atoms with Crippen LogP contribution in [-0.4, -0.2) is 31.4 Å². The van der Waals surface area contributed by atoms with E-state index in [1.54, 1.807) is 18.2 Å². The van der Waals surface area contributed by atoms with Gasteiger partial charge in [0.2, 0.25) is 6.79 Å². The summed E-state index contributed by atoms with van der Waals surface area (Å²) in [6.45, 7) is -1.24. The standard InChI is InChI=1S/C19H17F2NO6/c1-11(27-18(24)13-3-2-4-14(8-13)28-19(20)21)17(23)22-9-12-5-6-15-16(7-12)26-10-25-15/h2-8,11,19H,9-10H2,1H3,(H,22,23)/t11-/m1/s1. The highest BCUT2D eigenvalue weighted by Gasteiger charge is 2.20. The molecule has 1 atom stereocenters. The molecule has 1 aliphatic rings. The van der Waals surface area contributed by atoms with Gasteiger partial charge in [0.25, 0.3) is 5.91 Å². The summed E-state index contributed by atoms with van der Waals surface area (Å²) >= 11 is 0. The summed E-state index contributed by atoms with van der Waals surface area (Å²) in [5.41, 5.74) is 0.779. The predicted molar refractivity (Wildman–Crippen MR) is 92.4 cm³/mol. The molecule has 7 nitrogen and oxygen atoms in total. The molecular weight excluding hydrogens is 376 g/mol. The van der Waals surface area contributed by atoms with Crippen molar-refractivity contribution < 1.29 is 37.3 Å². The molecule has 1 N–H and O–H groups in total. The first-order valence-corrected chi connectivity index (χ1v) is 8.34. The molecule has 0 fully saturated rings. The van der Waals surface area contributed by atoms with Crippen LogP contribution < -0.4 is 19.5 Å². The van der Waals surface area contributed by atoms with E-state index in [2.05, 4.69) is 10.1 Å². The Morgan fingerprint density at radius 2 is 1.93 bits per heavy atom. The molecule has 0 aliphatic carbocycles. The topological polar surface area (TPSA) is 83.1 Å². The van der Waals surface area contributed by atoms with E-state index >= 15 is 0 Å². The van der Waals surface area contributed by atoms with Crippen molar-refractivity contribution in [2.45, 2.75) is 26.2 Å². The van der Waals surface area contributed by atoms with Crippen LogP contribution in [0.3, 0.4) is 0 Å². The van der Waals surface area contributed by atoms with Gasteiger partial charge in [0.15, 0.2) is 17.6 Å². The Morgan fingerprint density at radius 3 is 2.71 bits per heavy atom. The van der Waals surface area contributed by atoms with Gasteiger partial charge in [0.05, 0.1) is 5.56 Å². The molecule has 2 aromatic carbocycles. The Kier molecular flexibility index (Phi) is 5.93. The average molecular weight is 393 g/mol. The van der Waals surface area contributed by atoms with Gasteiger partial charge in [0.1, 0.15) is 5.75 Å². The number of esters is 1. The quantitative estimate of drug-likeness (QED) is 0.729. The minimum Gasteiger partial charge on any atom is -0.454 e. The second-order valence-electron chi connectivity index (χ2n) is 5.86. The van der Waals surface area contributed by atoms with Gasteiger partial charge in [-0.15, -0.1) is 0 Å². The number of rotatable bonds is 7. The van der Waals surface area contributed by atoms with Crippen LogP contribution in [-0.2, 0) is 16.1 Å². The van der Waals surface area contributed by atoms with E-state index < -0.39 is 24.6 Å². The highest BCUT2D eigenvalue weighted by molar-refractivity contribution is 5.92. The van der Waals surface area contributed by atoms with Gasteiger partial charge in [-0.25, -0.2) is 4.79 Å². The van der Waals surface area contributed by atoms with E-state index in [-0.39, 0.29) is 24.7 Å². The maximum Gasteiger partial charge on any atom is 0.387 e. The summed E-state index contributed by atoms with van der Waals surface area (Å²) < 4.78 is 44.3. The Morgan fingerprint density at radius 1 is 1.14 bits per heavy atom. The van der Waals surface area contributed by atoms with Crippen molar-refractivity contribution in [3.63, 3.8) is 0 Å². The Balaban J connectivity index is 1.53. The second-order valence-corrected chi connectivity index (χ2v) is 5.86. The SMILES string of the molecule is C[C@@H](OC(=O)c1cccc(OC(F)F)c1)C(=O)NCc1ccc2c(c1)OCO2. The first kappa shape index (κ1) is 19.4. The molecule has 148 valence electrons. The van der Waals surface area contributed by atoms with Crippen molar-refractivity contribution in [2.75, 3.05) is 6.79 Å². The van der Waals surface area contributed by atoms with E-state index in [1.807, 2.05) is 0 Å². The smallest absolute Gasteiger partial charge is 0.387 e. The highest BCUT2D eigenvalue weighted by atomic mass is 19.3. The maximum absolute atomic E-state index is 12.3. The fourth-order valence-corrected chi connectivity index (χ4v) is 2.47. The Hall–Kier alpha value is -3.36. The molecule has 1 heterocycles. The molecule has 0 bridgehead atoms. The number of benzene rings is 2. The third kappa shape index (κ3) is 4.87. The number of alkyl halides is 2. The second kappa shape index (κ2) is 8.55. The molecule has 0 spiro atoms. The predicted octanol–water partition coefficient (Wildman–Crippen LogP) is 2.88. The van der Waals surface area contributed by atoms with E-state index in [4.69, 9.17) is 14.2 Å². The lowest BCUT2D eigenvalue weighted by Crippen LogP contribution is -2.35. The summed E-state index contributed by atoms with van der Waals surface area (Å²) in [7, 11) is 0. The number of carbonyl (C=O) groups is 2. The molecular formula is C19H17F2NO6. The van der Waals surface area contributed by atoms with Crippen LogP contribution in [0.2, 0.25) is 0 Å². The van der Waals surface area contributed by atoms with E-state index in [9.17, 15) is 18.4 Å². The van der Waals surface area contributed by atoms with Crippen molar-refractivity contribution in [2.24, 2.45) is 0 Å². The van der Waals surface area contributed by atoms with Crippen LogP contribution in [0, 0.1) is 0 Å². The lowest BCUT2D eigenvalue weighted by molar-refractivity contribution is -0.129. The van der Waals surface area contributed by atoms with Gasteiger partial charge < -0.3 is 24.3 Å². The third-order valence-electron chi connectivity index (χ3n) is 3.85. The van der Waals surface area contributed by atoms with Crippen molar-refractivity contribution in [3.8, 4) is 17.2 Å². The molecule has 1 aliphatic heterocycles. The number of amides is 1. The number of carbonyl (C=O) groups excluding carboxylic acids is 2. The minimum absolute atomic E-state index is 0.00595. The highest BCUT2D eigenvalue weighted by Crippen LogP contribution is 2.32. The van der Waals surface area contributed by atoms with Crippen LogP contribution in [0.5, 0.6) is 17.2 Å². The summed E-state index contributed by atoms with van der Waals surface area (Å²) in [5.74, 6) is -0.284. The number of fused-ring (bicyclic) bond motifs is 1. The summed E-state index contributed by atoms with van der Waals surface area (Å²) in [6, 6.07) is 10.4. The Bertz CT molecular complexity index is 873. The van der Waals surface area contributed by atoms with Crippen molar-refractivity contribution in [3.05, 3.63) is 53.6 Å². The number of nitrogens with one attached hydrogen (secondary N) is 1. The molecule has 28 heavy (non-hydrogen) atoms. The zero-order chi connectivity index (χ0) is 20.1. The first-order valence-electron chi connectivity index (χ1n) is 8.34. The molecule has 0 saturated carbocycles. The van der Waals surface area contributed by atoms with Crippen molar-refractivity contribution in [1.29, 1.82) is 0 Å². The molecule has 9 heteroatoms. The molecule has 0 radical (unpaired) electrons. The van der Waals surface area contributed by atoms with Crippen LogP contribution in [0.25, 0.3) is 0 Å². The van der Waals surface area contributed by atoms with Gasteiger partial charge in [-0.2, -0.15) is 8.78 Å². The molecule has 0 aromatic heterocycles. The Labute approximate surface area is 159 Å². The number of hydrogen-bond acceptors (Lipinski definition) is 6. The number of halogens is 2. The largest absolute Gasteiger partial charge is 0.454 e. The van der Waals surface area contributed by atoms with Crippen LogP contribution in [0.4, 0.5) is 8.78 Å². The van der Waals surface area contributed by atoms with Gasteiger partial charge >= 0.3 is 12.6 Å². The number of hydrogen-bond donors (Lipinski definition) is 1. The molecule has 0 unspecified atom stereocenters. The third-order valence-corrected chi connectivity index (χ3v) is 3.85. The van der Waals surface area contributed by atoms with Gasteiger partial charge in [-0.05, 0) is 42.8 Å². The molecule has 3 rings (SSSR count).